The van der Waals surface area contributed by atoms with Crippen molar-refractivity contribution in [3.8, 4) is 0 Å². The van der Waals surface area contributed by atoms with E-state index in [0.717, 1.165) is 0 Å². The van der Waals surface area contributed by atoms with Crippen LogP contribution in [0.4, 0.5) is 0 Å². The molecule has 19 heavy (non-hydrogen) atoms. The third-order valence-corrected chi connectivity index (χ3v) is 3.94. The average molecular weight is 254 g/mol. The van der Waals surface area contributed by atoms with Crippen LogP contribution in [0.1, 0.15) is 24.0 Å². The Kier molecular flexibility index (Phi) is 3.36. The first-order valence-corrected chi connectivity index (χ1v) is 6.63. The minimum Gasteiger partial charge on any atom is -0.355 e. The summed E-state index contributed by atoms with van der Waals surface area (Å²) >= 11 is 0. The Bertz CT molecular complexity index is 523. The quantitative estimate of drug-likeness (QED) is 0.813. The molecule has 0 aliphatic carbocycles. The summed E-state index contributed by atoms with van der Waals surface area (Å²) in [6.07, 6.45) is 0. The zero-order chi connectivity index (χ0) is 13.1. The van der Waals surface area contributed by atoms with Crippen LogP contribution in [0.15, 0.2) is 60.7 Å². The zero-order valence-corrected chi connectivity index (χ0v) is 11.1. The Morgan fingerprint density at radius 2 is 1.58 bits per heavy atom. The number of ether oxygens (including phenoxy) is 2. The van der Waals surface area contributed by atoms with Crippen LogP contribution in [0.25, 0.3) is 0 Å². The van der Waals surface area contributed by atoms with Crippen molar-refractivity contribution < 1.29 is 9.47 Å². The highest BCUT2D eigenvalue weighted by Gasteiger charge is 2.40. The highest BCUT2D eigenvalue weighted by molar-refractivity contribution is 5.31. The summed E-state index contributed by atoms with van der Waals surface area (Å²) < 4.78 is 11.5. The molecule has 98 valence electrons. The van der Waals surface area contributed by atoms with Crippen molar-refractivity contribution >= 4 is 0 Å². The Labute approximate surface area is 114 Å². The van der Waals surface area contributed by atoms with Crippen LogP contribution in [-0.2, 0) is 15.1 Å². The van der Waals surface area contributed by atoms with Crippen molar-refractivity contribution in [2.45, 2.75) is 18.4 Å². The van der Waals surface area contributed by atoms with Crippen LogP contribution in [0, 0.1) is 0 Å². The average Bonchev–Trinajstić information content (AvgIpc) is 2.49. The van der Waals surface area contributed by atoms with E-state index in [1.807, 2.05) is 12.1 Å². The van der Waals surface area contributed by atoms with Crippen molar-refractivity contribution in [1.29, 1.82) is 0 Å². The first-order valence-electron chi connectivity index (χ1n) is 6.63. The number of benzene rings is 2. The standard InChI is InChI=1S/C17H18O2/c1-17(15-10-6-3-7-11-15)16(12-18-13-19-17)14-8-4-2-5-9-14/h2-11,16H,12-13H2,1H3. The largest absolute Gasteiger partial charge is 0.355 e. The third-order valence-electron chi connectivity index (χ3n) is 3.94. The number of hydrogen-bond acceptors (Lipinski definition) is 2. The van der Waals surface area contributed by atoms with Gasteiger partial charge in [0.25, 0.3) is 0 Å². The molecule has 0 saturated carbocycles. The lowest BCUT2D eigenvalue weighted by Gasteiger charge is -2.41. The van der Waals surface area contributed by atoms with Gasteiger partial charge in [-0.05, 0) is 18.1 Å². The molecule has 0 N–H and O–H groups in total. The molecule has 2 aromatic carbocycles. The first-order chi connectivity index (χ1) is 9.31. The van der Waals surface area contributed by atoms with Crippen LogP contribution in [0.2, 0.25) is 0 Å². The molecule has 0 bridgehead atoms. The summed E-state index contributed by atoms with van der Waals surface area (Å²) in [7, 11) is 0. The van der Waals surface area contributed by atoms with Crippen molar-refractivity contribution in [3.05, 3.63) is 71.8 Å². The van der Waals surface area contributed by atoms with Crippen molar-refractivity contribution in [3.63, 3.8) is 0 Å². The fourth-order valence-electron chi connectivity index (χ4n) is 2.74. The second kappa shape index (κ2) is 5.16. The number of hydrogen-bond donors (Lipinski definition) is 0. The summed E-state index contributed by atoms with van der Waals surface area (Å²) in [6, 6.07) is 20.8. The van der Waals surface area contributed by atoms with E-state index in [1.54, 1.807) is 0 Å². The van der Waals surface area contributed by atoms with E-state index in [1.165, 1.54) is 11.1 Å². The van der Waals surface area contributed by atoms with Gasteiger partial charge in [-0.25, -0.2) is 0 Å². The van der Waals surface area contributed by atoms with E-state index in [9.17, 15) is 0 Å². The maximum Gasteiger partial charge on any atom is 0.147 e. The second-order valence-corrected chi connectivity index (χ2v) is 5.07. The van der Waals surface area contributed by atoms with Gasteiger partial charge in [0.1, 0.15) is 12.4 Å². The molecule has 2 heteroatoms. The molecule has 0 aromatic heterocycles. The fraction of sp³-hybridized carbons (Fsp3) is 0.294. The van der Waals surface area contributed by atoms with E-state index in [2.05, 4.69) is 55.5 Å². The SMILES string of the molecule is CC1(c2ccccc2)OCOCC1c1ccccc1. The molecule has 3 rings (SSSR count). The van der Waals surface area contributed by atoms with Crippen molar-refractivity contribution in [2.24, 2.45) is 0 Å². The Morgan fingerprint density at radius 1 is 0.947 bits per heavy atom. The maximum absolute atomic E-state index is 6.00. The molecule has 1 aliphatic heterocycles. The summed E-state index contributed by atoms with van der Waals surface area (Å²) in [5.41, 5.74) is 2.13. The second-order valence-electron chi connectivity index (χ2n) is 5.07. The molecule has 0 radical (unpaired) electrons. The lowest BCUT2D eigenvalue weighted by atomic mass is 9.78. The molecule has 1 heterocycles. The molecule has 0 amide bonds. The third kappa shape index (κ3) is 2.29. The van der Waals surface area contributed by atoms with E-state index in [-0.39, 0.29) is 11.5 Å². The molecule has 0 spiro atoms. The van der Waals surface area contributed by atoms with Crippen LogP contribution in [-0.4, -0.2) is 13.4 Å². The van der Waals surface area contributed by atoms with E-state index in [4.69, 9.17) is 9.47 Å². The lowest BCUT2D eigenvalue weighted by molar-refractivity contribution is -0.204. The molecule has 1 aliphatic rings. The minimum atomic E-state index is -0.332. The summed E-state index contributed by atoms with van der Waals surface area (Å²) in [6.45, 7) is 3.20. The van der Waals surface area contributed by atoms with Gasteiger partial charge in [0, 0.05) is 5.92 Å². The molecular weight excluding hydrogens is 236 g/mol. The van der Waals surface area contributed by atoms with Gasteiger partial charge in [0.15, 0.2) is 0 Å². The van der Waals surface area contributed by atoms with Gasteiger partial charge in [-0.15, -0.1) is 0 Å². The van der Waals surface area contributed by atoms with Gasteiger partial charge < -0.3 is 9.47 Å². The summed E-state index contributed by atoms with van der Waals surface area (Å²) in [4.78, 5) is 0. The monoisotopic (exact) mass is 254 g/mol. The van der Waals surface area contributed by atoms with E-state index in [0.29, 0.717) is 13.4 Å². The van der Waals surface area contributed by atoms with Gasteiger partial charge >= 0.3 is 0 Å². The smallest absolute Gasteiger partial charge is 0.147 e. The Hall–Kier alpha value is -1.64. The van der Waals surface area contributed by atoms with Gasteiger partial charge in [0.2, 0.25) is 0 Å². The van der Waals surface area contributed by atoms with Crippen LogP contribution in [0.5, 0.6) is 0 Å². The number of rotatable bonds is 2. The zero-order valence-electron chi connectivity index (χ0n) is 11.1. The van der Waals surface area contributed by atoms with Crippen molar-refractivity contribution in [2.75, 3.05) is 13.4 Å². The molecule has 1 fully saturated rings. The fourth-order valence-corrected chi connectivity index (χ4v) is 2.74. The maximum atomic E-state index is 6.00. The predicted octanol–water partition coefficient (Wildman–Crippen LogP) is 3.69. The van der Waals surface area contributed by atoms with Gasteiger partial charge in [-0.3, -0.25) is 0 Å². The van der Waals surface area contributed by atoms with E-state index >= 15 is 0 Å². The Balaban J connectivity index is 2.02. The molecule has 2 nitrogen and oxygen atoms in total. The van der Waals surface area contributed by atoms with Crippen LogP contribution >= 0.6 is 0 Å². The highest BCUT2D eigenvalue weighted by atomic mass is 16.7. The van der Waals surface area contributed by atoms with Crippen LogP contribution in [0.3, 0.4) is 0 Å². The topological polar surface area (TPSA) is 18.5 Å². The van der Waals surface area contributed by atoms with Gasteiger partial charge in [-0.1, -0.05) is 60.7 Å². The molecular formula is C17H18O2. The highest BCUT2D eigenvalue weighted by Crippen LogP contribution is 2.42. The van der Waals surface area contributed by atoms with Crippen LogP contribution < -0.4 is 0 Å². The van der Waals surface area contributed by atoms with Gasteiger partial charge in [-0.2, -0.15) is 0 Å². The summed E-state index contributed by atoms with van der Waals surface area (Å²) in [5.74, 6) is 0.213. The van der Waals surface area contributed by atoms with E-state index < -0.39 is 0 Å². The molecule has 2 atom stereocenters. The molecule has 2 aromatic rings. The molecule has 1 saturated heterocycles. The Morgan fingerprint density at radius 3 is 2.26 bits per heavy atom. The lowest BCUT2D eigenvalue weighted by Crippen LogP contribution is -2.41. The summed E-state index contributed by atoms with van der Waals surface area (Å²) in [5, 5.41) is 0. The van der Waals surface area contributed by atoms with Crippen molar-refractivity contribution in [1.82, 2.24) is 0 Å². The normalized spacial score (nSPS) is 27.1. The first kappa shape index (κ1) is 12.4. The van der Waals surface area contributed by atoms with Gasteiger partial charge in [0.05, 0.1) is 6.61 Å². The predicted molar refractivity (Wildman–Crippen MR) is 74.9 cm³/mol. The molecule has 2 unspecified atom stereocenters. The minimum absolute atomic E-state index is 0.213.